The fourth-order valence-electron chi connectivity index (χ4n) is 3.07. The minimum Gasteiger partial charge on any atom is -0.357 e. The summed E-state index contributed by atoms with van der Waals surface area (Å²) in [6, 6.07) is 7.76. The van der Waals surface area contributed by atoms with Gasteiger partial charge >= 0.3 is 0 Å². The van der Waals surface area contributed by atoms with Crippen LogP contribution in [0.2, 0.25) is 0 Å². The molecule has 1 saturated carbocycles. The van der Waals surface area contributed by atoms with Crippen LogP contribution < -0.4 is 10.6 Å². The van der Waals surface area contributed by atoms with Crippen LogP contribution in [0.4, 0.5) is 11.5 Å². The predicted octanol–water partition coefficient (Wildman–Crippen LogP) is 2.45. The molecule has 0 unspecified atom stereocenters. The van der Waals surface area contributed by atoms with Crippen molar-refractivity contribution in [1.29, 1.82) is 0 Å². The number of aryl methyl sites for hydroxylation is 1. The highest BCUT2D eigenvalue weighted by Gasteiger charge is 2.25. The van der Waals surface area contributed by atoms with Gasteiger partial charge in [0.15, 0.2) is 5.82 Å². The van der Waals surface area contributed by atoms with Crippen LogP contribution in [0.1, 0.15) is 25.0 Å². The number of aromatic nitrogens is 4. The Labute approximate surface area is 150 Å². The first-order valence-corrected chi connectivity index (χ1v) is 8.68. The van der Waals surface area contributed by atoms with Gasteiger partial charge in [0.1, 0.15) is 6.54 Å². The molecular formula is C18H20N6O2. The Bertz CT molecular complexity index is 969. The van der Waals surface area contributed by atoms with Crippen LogP contribution in [0.25, 0.3) is 10.9 Å². The molecule has 0 radical (unpaired) electrons. The van der Waals surface area contributed by atoms with Crippen molar-refractivity contribution >= 4 is 34.2 Å². The van der Waals surface area contributed by atoms with E-state index in [1.165, 1.54) is 4.68 Å². The lowest BCUT2D eigenvalue weighted by molar-refractivity contribution is -0.122. The number of nitrogens with one attached hydrogen (secondary N) is 3. The molecule has 0 saturated heterocycles. The van der Waals surface area contributed by atoms with Crippen LogP contribution in [0.3, 0.4) is 0 Å². The Morgan fingerprint density at radius 1 is 1.31 bits per heavy atom. The minimum atomic E-state index is -0.216. The Morgan fingerprint density at radius 2 is 2.15 bits per heavy atom. The Kier molecular flexibility index (Phi) is 4.16. The summed E-state index contributed by atoms with van der Waals surface area (Å²) in [7, 11) is 0. The summed E-state index contributed by atoms with van der Waals surface area (Å²) < 4.78 is 1.41. The van der Waals surface area contributed by atoms with Crippen molar-refractivity contribution in [2.75, 3.05) is 10.6 Å². The third-order valence-electron chi connectivity index (χ3n) is 4.64. The number of hydrogen-bond acceptors (Lipinski definition) is 4. The highest BCUT2D eigenvalue weighted by atomic mass is 16.2. The largest absolute Gasteiger partial charge is 0.357 e. The summed E-state index contributed by atoms with van der Waals surface area (Å²) in [6.07, 6.45) is 4.51. The molecule has 1 aliphatic carbocycles. The molecule has 2 amide bonds. The van der Waals surface area contributed by atoms with E-state index in [0.29, 0.717) is 5.82 Å². The maximum atomic E-state index is 12.3. The molecule has 1 aromatic carbocycles. The van der Waals surface area contributed by atoms with E-state index in [-0.39, 0.29) is 24.3 Å². The van der Waals surface area contributed by atoms with E-state index in [9.17, 15) is 9.59 Å². The molecular weight excluding hydrogens is 332 g/mol. The molecule has 3 N–H and O–H groups in total. The third kappa shape index (κ3) is 3.30. The van der Waals surface area contributed by atoms with Gasteiger partial charge in [0.25, 0.3) is 0 Å². The van der Waals surface area contributed by atoms with Gasteiger partial charge in [-0.15, -0.1) is 5.10 Å². The van der Waals surface area contributed by atoms with Crippen molar-refractivity contribution in [3.8, 4) is 0 Å². The number of benzene rings is 1. The molecule has 0 spiro atoms. The average Bonchev–Trinajstić information content (AvgIpc) is 3.11. The van der Waals surface area contributed by atoms with Gasteiger partial charge in [-0.2, -0.15) is 0 Å². The van der Waals surface area contributed by atoms with Crippen LogP contribution in [0.15, 0.2) is 30.5 Å². The number of fused-ring (bicyclic) bond motifs is 1. The number of anilines is 2. The maximum absolute atomic E-state index is 12.3. The number of para-hydroxylation sites is 1. The van der Waals surface area contributed by atoms with Gasteiger partial charge < -0.3 is 15.6 Å². The smallest absolute Gasteiger partial charge is 0.246 e. The van der Waals surface area contributed by atoms with Gasteiger partial charge in [0, 0.05) is 17.0 Å². The van der Waals surface area contributed by atoms with Crippen molar-refractivity contribution in [2.24, 2.45) is 5.92 Å². The number of rotatable bonds is 5. The average molecular weight is 352 g/mol. The molecule has 1 fully saturated rings. The van der Waals surface area contributed by atoms with Crippen LogP contribution in [0, 0.1) is 12.8 Å². The van der Waals surface area contributed by atoms with E-state index in [4.69, 9.17) is 0 Å². The highest BCUT2D eigenvalue weighted by Crippen LogP contribution is 2.27. The van der Waals surface area contributed by atoms with Crippen molar-refractivity contribution in [1.82, 2.24) is 20.0 Å². The summed E-state index contributed by atoms with van der Waals surface area (Å²) in [5, 5.41) is 14.5. The van der Waals surface area contributed by atoms with Gasteiger partial charge in [-0.1, -0.05) is 23.8 Å². The van der Waals surface area contributed by atoms with Crippen LogP contribution >= 0.6 is 0 Å². The fraction of sp³-hybridized carbons (Fsp3) is 0.333. The van der Waals surface area contributed by atoms with E-state index in [1.807, 2.05) is 31.2 Å². The Hall–Kier alpha value is -3.16. The predicted molar refractivity (Wildman–Crippen MR) is 97.7 cm³/mol. The molecule has 3 aromatic rings. The monoisotopic (exact) mass is 352 g/mol. The van der Waals surface area contributed by atoms with Gasteiger partial charge in [0.2, 0.25) is 11.8 Å². The Morgan fingerprint density at radius 3 is 2.92 bits per heavy atom. The van der Waals surface area contributed by atoms with Gasteiger partial charge in [0.05, 0.1) is 17.4 Å². The lowest BCUT2D eigenvalue weighted by atomic mass is 9.85. The molecule has 8 nitrogen and oxygen atoms in total. The van der Waals surface area contributed by atoms with Crippen LogP contribution in [-0.4, -0.2) is 31.8 Å². The quantitative estimate of drug-likeness (QED) is 0.656. The minimum absolute atomic E-state index is 0.0162. The molecule has 26 heavy (non-hydrogen) atoms. The highest BCUT2D eigenvalue weighted by molar-refractivity contribution is 6.00. The van der Waals surface area contributed by atoms with Crippen molar-refractivity contribution < 1.29 is 9.59 Å². The van der Waals surface area contributed by atoms with Gasteiger partial charge in [-0.05, 0) is 31.9 Å². The zero-order chi connectivity index (χ0) is 18.1. The standard InChI is InChI=1S/C18H20N6O2/c1-11-8-13-6-3-7-14(17(13)19-11)20-16(25)10-24-9-15(22-23-24)21-18(26)12-4-2-5-12/h3,6-9,12,19H,2,4-5,10H2,1H3,(H,20,25)(H,21,26). The number of hydrogen-bond donors (Lipinski definition) is 3. The van der Waals surface area contributed by atoms with Crippen molar-refractivity contribution in [3.63, 3.8) is 0 Å². The van der Waals surface area contributed by atoms with E-state index in [1.54, 1.807) is 6.20 Å². The molecule has 2 aromatic heterocycles. The number of carbonyl (C=O) groups excluding carboxylic acids is 2. The van der Waals surface area contributed by atoms with E-state index in [0.717, 1.165) is 41.5 Å². The summed E-state index contributed by atoms with van der Waals surface area (Å²) >= 11 is 0. The van der Waals surface area contributed by atoms with E-state index >= 15 is 0 Å². The zero-order valence-corrected chi connectivity index (χ0v) is 14.5. The SMILES string of the molecule is Cc1cc2cccc(NC(=O)Cn3cc(NC(=O)C4CCC4)nn3)c2[nH]1. The summed E-state index contributed by atoms with van der Waals surface area (Å²) in [4.78, 5) is 27.5. The van der Waals surface area contributed by atoms with Crippen LogP contribution in [0.5, 0.6) is 0 Å². The molecule has 4 rings (SSSR count). The van der Waals surface area contributed by atoms with Crippen molar-refractivity contribution in [2.45, 2.75) is 32.7 Å². The molecule has 8 heteroatoms. The number of carbonyl (C=O) groups is 2. The second-order valence-corrected chi connectivity index (χ2v) is 6.69. The Balaban J connectivity index is 1.39. The summed E-state index contributed by atoms with van der Waals surface area (Å²) in [5.74, 6) is 0.207. The maximum Gasteiger partial charge on any atom is 0.246 e. The van der Waals surface area contributed by atoms with E-state index < -0.39 is 0 Å². The number of aromatic amines is 1. The third-order valence-corrected chi connectivity index (χ3v) is 4.64. The molecule has 0 aliphatic heterocycles. The van der Waals surface area contributed by atoms with Crippen LogP contribution in [-0.2, 0) is 16.1 Å². The molecule has 0 bridgehead atoms. The summed E-state index contributed by atoms with van der Waals surface area (Å²) in [5.41, 5.74) is 2.65. The zero-order valence-electron chi connectivity index (χ0n) is 14.5. The lowest BCUT2D eigenvalue weighted by Gasteiger charge is -2.23. The molecule has 134 valence electrons. The molecule has 2 heterocycles. The van der Waals surface area contributed by atoms with E-state index in [2.05, 4.69) is 25.9 Å². The second-order valence-electron chi connectivity index (χ2n) is 6.69. The van der Waals surface area contributed by atoms with Gasteiger partial charge in [-0.25, -0.2) is 4.68 Å². The second kappa shape index (κ2) is 6.62. The number of H-pyrrole nitrogens is 1. The molecule has 0 atom stereocenters. The first-order chi connectivity index (χ1) is 12.6. The first kappa shape index (κ1) is 16.3. The van der Waals surface area contributed by atoms with Gasteiger partial charge in [-0.3, -0.25) is 9.59 Å². The normalized spacial score (nSPS) is 14.2. The number of amides is 2. The lowest BCUT2D eigenvalue weighted by Crippen LogP contribution is -2.28. The van der Waals surface area contributed by atoms with Crippen molar-refractivity contribution in [3.05, 3.63) is 36.2 Å². The topological polar surface area (TPSA) is 105 Å². The summed E-state index contributed by atoms with van der Waals surface area (Å²) in [6.45, 7) is 1.99. The fourth-order valence-corrected chi connectivity index (χ4v) is 3.07. The first-order valence-electron chi connectivity index (χ1n) is 8.68. The molecule has 1 aliphatic rings. The number of nitrogens with zero attached hydrogens (tertiary/aromatic N) is 3.